The van der Waals surface area contributed by atoms with E-state index >= 15 is 0 Å². The summed E-state index contributed by atoms with van der Waals surface area (Å²) < 4.78 is 2.06. The maximum absolute atomic E-state index is 9.77. The fourth-order valence-electron chi connectivity index (χ4n) is 2.08. The highest BCUT2D eigenvalue weighted by molar-refractivity contribution is 9.10. The number of benzene rings is 2. The molecule has 0 saturated heterocycles. The SMILES string of the molecule is CC(CO)(Cc1ccc(Br)cc1)Nc1ccccc1Br. The van der Waals surface area contributed by atoms with Crippen molar-refractivity contribution in [3.05, 3.63) is 63.0 Å². The number of aliphatic hydroxyl groups excluding tert-OH is 1. The summed E-state index contributed by atoms with van der Waals surface area (Å²) in [6, 6.07) is 16.1. The molecule has 1 unspecified atom stereocenters. The maximum atomic E-state index is 9.77. The summed E-state index contributed by atoms with van der Waals surface area (Å²) in [6.07, 6.45) is 0.748. The molecule has 2 aromatic carbocycles. The number of hydrogen-bond acceptors (Lipinski definition) is 2. The zero-order valence-corrected chi connectivity index (χ0v) is 14.4. The molecule has 0 radical (unpaired) electrons. The first kappa shape index (κ1) is 15.5. The van der Waals surface area contributed by atoms with E-state index in [0.29, 0.717) is 0 Å². The van der Waals surface area contributed by atoms with E-state index < -0.39 is 5.54 Å². The van der Waals surface area contributed by atoms with Crippen molar-refractivity contribution in [1.82, 2.24) is 0 Å². The van der Waals surface area contributed by atoms with E-state index in [-0.39, 0.29) is 6.61 Å². The molecule has 0 aromatic heterocycles. The third kappa shape index (κ3) is 4.08. The summed E-state index contributed by atoms with van der Waals surface area (Å²) in [4.78, 5) is 0. The third-order valence-electron chi connectivity index (χ3n) is 3.17. The molecule has 0 spiro atoms. The van der Waals surface area contributed by atoms with Gasteiger partial charge in [-0.3, -0.25) is 0 Å². The molecule has 0 aliphatic heterocycles. The molecule has 4 heteroatoms. The Balaban J connectivity index is 2.17. The van der Waals surface area contributed by atoms with Crippen LogP contribution < -0.4 is 5.32 Å². The predicted molar refractivity (Wildman–Crippen MR) is 91.1 cm³/mol. The van der Waals surface area contributed by atoms with E-state index in [1.54, 1.807) is 0 Å². The van der Waals surface area contributed by atoms with Crippen molar-refractivity contribution in [2.75, 3.05) is 11.9 Å². The monoisotopic (exact) mass is 397 g/mol. The molecule has 1 atom stereocenters. The molecule has 2 N–H and O–H groups in total. The number of anilines is 1. The molecule has 20 heavy (non-hydrogen) atoms. The second-order valence-corrected chi connectivity index (χ2v) is 6.90. The minimum absolute atomic E-state index is 0.0599. The van der Waals surface area contributed by atoms with Crippen LogP contribution in [0.1, 0.15) is 12.5 Å². The van der Waals surface area contributed by atoms with Crippen molar-refractivity contribution < 1.29 is 5.11 Å². The average molecular weight is 399 g/mol. The lowest BCUT2D eigenvalue weighted by atomic mass is 9.93. The van der Waals surface area contributed by atoms with Crippen LogP contribution in [0.3, 0.4) is 0 Å². The average Bonchev–Trinajstić information content (AvgIpc) is 2.44. The maximum Gasteiger partial charge on any atom is 0.0662 e. The summed E-state index contributed by atoms with van der Waals surface area (Å²) in [6.45, 7) is 2.08. The normalized spacial score (nSPS) is 13.8. The van der Waals surface area contributed by atoms with Gasteiger partial charge in [0.25, 0.3) is 0 Å². The molecule has 0 saturated carbocycles. The fraction of sp³-hybridized carbons (Fsp3) is 0.250. The Kier molecular flexibility index (Phi) is 5.24. The number of para-hydroxylation sites is 1. The van der Waals surface area contributed by atoms with Crippen LogP contribution >= 0.6 is 31.9 Å². The van der Waals surface area contributed by atoms with E-state index in [1.165, 1.54) is 5.56 Å². The van der Waals surface area contributed by atoms with Gasteiger partial charge < -0.3 is 10.4 Å². The topological polar surface area (TPSA) is 32.3 Å². The zero-order chi connectivity index (χ0) is 14.6. The lowest BCUT2D eigenvalue weighted by Gasteiger charge is -2.30. The minimum Gasteiger partial charge on any atom is -0.394 e. The molecular weight excluding hydrogens is 382 g/mol. The fourth-order valence-corrected chi connectivity index (χ4v) is 2.73. The van der Waals surface area contributed by atoms with Crippen LogP contribution in [0.4, 0.5) is 5.69 Å². The highest BCUT2D eigenvalue weighted by atomic mass is 79.9. The van der Waals surface area contributed by atoms with Crippen LogP contribution in [0, 0.1) is 0 Å². The zero-order valence-electron chi connectivity index (χ0n) is 11.2. The third-order valence-corrected chi connectivity index (χ3v) is 4.39. The van der Waals surface area contributed by atoms with Gasteiger partial charge in [-0.25, -0.2) is 0 Å². The van der Waals surface area contributed by atoms with Gasteiger partial charge in [0.1, 0.15) is 0 Å². The van der Waals surface area contributed by atoms with Gasteiger partial charge in [0.05, 0.1) is 12.1 Å². The smallest absolute Gasteiger partial charge is 0.0662 e. The van der Waals surface area contributed by atoms with Crippen molar-refractivity contribution in [3.8, 4) is 0 Å². The van der Waals surface area contributed by atoms with Gasteiger partial charge in [-0.15, -0.1) is 0 Å². The second kappa shape index (κ2) is 6.74. The molecule has 0 heterocycles. The Morgan fingerprint density at radius 1 is 1.05 bits per heavy atom. The van der Waals surface area contributed by atoms with Crippen LogP contribution in [0.25, 0.3) is 0 Å². The summed E-state index contributed by atoms with van der Waals surface area (Å²) in [5.41, 5.74) is 1.77. The molecule has 0 aliphatic rings. The molecule has 0 bridgehead atoms. The van der Waals surface area contributed by atoms with E-state index in [4.69, 9.17) is 0 Å². The Hall–Kier alpha value is -0.840. The molecule has 0 fully saturated rings. The van der Waals surface area contributed by atoms with Gasteiger partial charge in [0.2, 0.25) is 0 Å². The Bertz CT molecular complexity index is 571. The molecule has 0 aliphatic carbocycles. The van der Waals surface area contributed by atoms with Crippen LogP contribution in [0.2, 0.25) is 0 Å². The largest absolute Gasteiger partial charge is 0.394 e. The predicted octanol–water partition coefficient (Wildman–Crippen LogP) is 4.62. The number of aliphatic hydroxyl groups is 1. The molecular formula is C16H17Br2NO. The van der Waals surface area contributed by atoms with Crippen LogP contribution in [-0.2, 0) is 6.42 Å². The molecule has 0 amide bonds. The van der Waals surface area contributed by atoms with Gasteiger partial charge in [-0.2, -0.15) is 0 Å². The van der Waals surface area contributed by atoms with E-state index in [9.17, 15) is 5.11 Å². The van der Waals surface area contributed by atoms with Gasteiger partial charge in [-0.05, 0) is 59.1 Å². The lowest BCUT2D eigenvalue weighted by Crippen LogP contribution is -2.41. The van der Waals surface area contributed by atoms with Crippen molar-refractivity contribution >= 4 is 37.5 Å². The second-order valence-electron chi connectivity index (χ2n) is 5.13. The summed E-state index contributed by atoms with van der Waals surface area (Å²) in [5, 5.41) is 13.2. The molecule has 2 nitrogen and oxygen atoms in total. The number of nitrogens with one attached hydrogen (secondary N) is 1. The minimum atomic E-state index is -0.405. The molecule has 2 rings (SSSR count). The van der Waals surface area contributed by atoms with Crippen molar-refractivity contribution in [2.45, 2.75) is 18.9 Å². The van der Waals surface area contributed by atoms with Gasteiger partial charge >= 0.3 is 0 Å². The van der Waals surface area contributed by atoms with Crippen molar-refractivity contribution in [2.24, 2.45) is 0 Å². The molecule has 2 aromatic rings. The molecule has 106 valence electrons. The van der Waals surface area contributed by atoms with Crippen LogP contribution in [0.15, 0.2) is 57.5 Å². The van der Waals surface area contributed by atoms with Crippen molar-refractivity contribution in [3.63, 3.8) is 0 Å². The quantitative estimate of drug-likeness (QED) is 0.770. The van der Waals surface area contributed by atoms with Gasteiger partial charge in [0, 0.05) is 14.6 Å². The summed E-state index contributed by atoms with van der Waals surface area (Å²) in [7, 11) is 0. The number of hydrogen-bond donors (Lipinski definition) is 2. The van der Waals surface area contributed by atoms with E-state index in [1.807, 2.05) is 43.3 Å². The van der Waals surface area contributed by atoms with Gasteiger partial charge in [-0.1, -0.05) is 40.2 Å². The number of halogens is 2. The first-order chi connectivity index (χ1) is 9.52. The first-order valence-electron chi connectivity index (χ1n) is 6.40. The Labute approximate surface area is 136 Å². The highest BCUT2D eigenvalue weighted by Gasteiger charge is 2.24. The summed E-state index contributed by atoms with van der Waals surface area (Å²) in [5.74, 6) is 0. The summed E-state index contributed by atoms with van der Waals surface area (Å²) >= 11 is 6.96. The standard InChI is InChI=1S/C16H17Br2NO/c1-16(11-20,10-12-6-8-13(17)9-7-12)19-15-5-3-2-4-14(15)18/h2-9,19-20H,10-11H2,1H3. The van der Waals surface area contributed by atoms with Crippen LogP contribution in [0.5, 0.6) is 0 Å². The Morgan fingerprint density at radius 3 is 2.30 bits per heavy atom. The number of rotatable bonds is 5. The van der Waals surface area contributed by atoms with Gasteiger partial charge in [0.15, 0.2) is 0 Å². The Morgan fingerprint density at radius 2 is 1.70 bits per heavy atom. The highest BCUT2D eigenvalue weighted by Crippen LogP contribution is 2.26. The lowest BCUT2D eigenvalue weighted by molar-refractivity contribution is 0.222. The van der Waals surface area contributed by atoms with Crippen molar-refractivity contribution in [1.29, 1.82) is 0 Å². The van der Waals surface area contributed by atoms with E-state index in [0.717, 1.165) is 21.1 Å². The van der Waals surface area contributed by atoms with E-state index in [2.05, 4.69) is 49.3 Å². The first-order valence-corrected chi connectivity index (χ1v) is 7.99. The van der Waals surface area contributed by atoms with Crippen LogP contribution in [-0.4, -0.2) is 17.3 Å².